The number of rotatable bonds is 3. The van der Waals surface area contributed by atoms with Gasteiger partial charge in [-0.15, -0.1) is 11.3 Å². The Hall–Kier alpha value is -2.12. The second-order valence-electron chi connectivity index (χ2n) is 6.30. The lowest BCUT2D eigenvalue weighted by Gasteiger charge is -2.34. The first-order valence-electron chi connectivity index (χ1n) is 8.10. The van der Waals surface area contributed by atoms with Crippen molar-refractivity contribution in [2.45, 2.75) is 19.4 Å². The van der Waals surface area contributed by atoms with E-state index < -0.39 is 0 Å². The van der Waals surface area contributed by atoms with Gasteiger partial charge in [-0.2, -0.15) is 0 Å². The molecule has 4 heterocycles. The van der Waals surface area contributed by atoms with Crippen LogP contribution in [-0.4, -0.2) is 53.8 Å². The molecule has 0 radical (unpaired) electrons. The van der Waals surface area contributed by atoms with Crippen LogP contribution < -0.4 is 5.32 Å². The summed E-state index contributed by atoms with van der Waals surface area (Å²) in [5.74, 6) is 0.0446. The molecule has 2 amide bonds. The maximum absolute atomic E-state index is 12.9. The molecule has 6 nitrogen and oxygen atoms in total. The normalized spacial score (nSPS) is 22.6. The molecule has 2 saturated heterocycles. The van der Waals surface area contributed by atoms with Gasteiger partial charge in [0.1, 0.15) is 0 Å². The van der Waals surface area contributed by atoms with Crippen molar-refractivity contribution in [3.63, 3.8) is 0 Å². The van der Waals surface area contributed by atoms with E-state index in [2.05, 4.69) is 10.2 Å². The number of carbonyl (C=O) groups excluding carboxylic acids is 2. The van der Waals surface area contributed by atoms with Crippen LogP contribution >= 0.6 is 11.3 Å². The van der Waals surface area contributed by atoms with Gasteiger partial charge >= 0.3 is 0 Å². The summed E-state index contributed by atoms with van der Waals surface area (Å²) in [4.78, 5) is 30.1. The molecule has 0 saturated carbocycles. The average Bonchev–Trinajstić information content (AvgIpc) is 3.28. The van der Waals surface area contributed by atoms with Gasteiger partial charge in [-0.25, -0.2) is 0 Å². The minimum atomic E-state index is -0.301. The van der Waals surface area contributed by atoms with Crippen LogP contribution in [0.4, 0.5) is 5.00 Å². The van der Waals surface area contributed by atoms with Crippen molar-refractivity contribution in [3.8, 4) is 0 Å². The highest BCUT2D eigenvalue weighted by atomic mass is 32.1. The lowest BCUT2D eigenvalue weighted by atomic mass is 10.1. The van der Waals surface area contributed by atoms with Gasteiger partial charge in [0.15, 0.2) is 5.76 Å². The van der Waals surface area contributed by atoms with Crippen LogP contribution in [-0.2, 0) is 0 Å². The summed E-state index contributed by atoms with van der Waals surface area (Å²) >= 11 is 1.33. The van der Waals surface area contributed by atoms with Crippen LogP contribution in [0.15, 0.2) is 28.9 Å². The topological polar surface area (TPSA) is 65.8 Å². The van der Waals surface area contributed by atoms with E-state index in [9.17, 15) is 9.59 Å². The number of fused-ring (bicyclic) bond motifs is 2. The first kappa shape index (κ1) is 15.4. The second-order valence-corrected chi connectivity index (χ2v) is 7.35. The first-order valence-corrected chi connectivity index (χ1v) is 8.92. The number of nitrogens with zero attached hydrogens (tertiary/aromatic N) is 2. The number of hydrogen-bond acceptors (Lipinski definition) is 5. The van der Waals surface area contributed by atoms with Gasteiger partial charge in [-0.3, -0.25) is 14.5 Å². The number of anilines is 1. The predicted octanol–water partition coefficient (Wildman–Crippen LogP) is 2.43. The van der Waals surface area contributed by atoms with Crippen molar-refractivity contribution in [1.29, 1.82) is 0 Å². The van der Waals surface area contributed by atoms with E-state index in [4.69, 9.17) is 4.42 Å². The molecule has 1 N–H and O–H groups in total. The monoisotopic (exact) mass is 345 g/mol. The minimum absolute atomic E-state index is 0.0857. The smallest absolute Gasteiger partial charge is 0.291 e. The fourth-order valence-corrected chi connectivity index (χ4v) is 4.46. The predicted molar refractivity (Wildman–Crippen MR) is 91.6 cm³/mol. The summed E-state index contributed by atoms with van der Waals surface area (Å²) < 4.78 is 5.09. The van der Waals surface area contributed by atoms with Crippen molar-refractivity contribution in [2.75, 3.05) is 31.5 Å². The second kappa shape index (κ2) is 6.07. The number of thiophene rings is 1. The minimum Gasteiger partial charge on any atom is -0.459 e. The zero-order chi connectivity index (χ0) is 16.7. The third kappa shape index (κ3) is 2.74. The fourth-order valence-electron chi connectivity index (χ4n) is 3.44. The fraction of sp³-hybridized carbons (Fsp3) is 0.412. The number of furan rings is 1. The van der Waals surface area contributed by atoms with Crippen molar-refractivity contribution < 1.29 is 14.0 Å². The van der Waals surface area contributed by atoms with E-state index in [0.717, 1.165) is 38.2 Å². The molecule has 0 spiro atoms. The zero-order valence-corrected chi connectivity index (χ0v) is 14.3. The molecule has 0 aromatic carbocycles. The van der Waals surface area contributed by atoms with Crippen LogP contribution in [0.2, 0.25) is 0 Å². The van der Waals surface area contributed by atoms with Gasteiger partial charge < -0.3 is 14.6 Å². The van der Waals surface area contributed by atoms with Gasteiger partial charge in [-0.1, -0.05) is 0 Å². The third-order valence-corrected chi connectivity index (χ3v) is 5.84. The Kier molecular flexibility index (Phi) is 3.90. The van der Waals surface area contributed by atoms with Crippen LogP contribution in [0.3, 0.4) is 0 Å². The van der Waals surface area contributed by atoms with Crippen LogP contribution in [0.5, 0.6) is 0 Å². The Balaban J connectivity index is 1.50. The Morgan fingerprint density at radius 2 is 2.21 bits per heavy atom. The van der Waals surface area contributed by atoms with Crippen molar-refractivity contribution in [2.24, 2.45) is 0 Å². The zero-order valence-electron chi connectivity index (χ0n) is 13.4. The molecule has 126 valence electrons. The molecule has 2 aromatic rings. The average molecular weight is 345 g/mol. The number of hydrogen-bond donors (Lipinski definition) is 1. The molecule has 2 fully saturated rings. The maximum atomic E-state index is 12.9. The van der Waals surface area contributed by atoms with Gasteiger partial charge in [0.05, 0.1) is 16.1 Å². The molecule has 2 bridgehead atoms. The molecule has 2 aromatic heterocycles. The lowest BCUT2D eigenvalue weighted by Crippen LogP contribution is -2.49. The lowest BCUT2D eigenvalue weighted by molar-refractivity contribution is 0.0613. The van der Waals surface area contributed by atoms with Crippen LogP contribution in [0.1, 0.15) is 32.2 Å². The van der Waals surface area contributed by atoms with E-state index >= 15 is 0 Å². The van der Waals surface area contributed by atoms with E-state index in [-0.39, 0.29) is 17.6 Å². The molecule has 4 rings (SSSR count). The highest BCUT2D eigenvalue weighted by Gasteiger charge is 2.36. The number of amides is 2. The highest BCUT2D eigenvalue weighted by molar-refractivity contribution is 7.18. The van der Waals surface area contributed by atoms with Crippen molar-refractivity contribution in [1.82, 2.24) is 9.80 Å². The Labute approximate surface area is 144 Å². The van der Waals surface area contributed by atoms with Crippen LogP contribution in [0, 0.1) is 6.92 Å². The summed E-state index contributed by atoms with van der Waals surface area (Å²) in [5, 5.41) is 3.47. The number of nitrogens with one attached hydrogen (secondary N) is 1. The maximum Gasteiger partial charge on any atom is 0.291 e. The van der Waals surface area contributed by atoms with E-state index in [1.54, 1.807) is 12.1 Å². The summed E-state index contributed by atoms with van der Waals surface area (Å²) in [5.41, 5.74) is 0.903. The molecule has 2 atom stereocenters. The molecular weight excluding hydrogens is 326 g/mol. The first-order chi connectivity index (χ1) is 11.6. The summed E-state index contributed by atoms with van der Waals surface area (Å²) in [6.45, 7) is 5.72. The quantitative estimate of drug-likeness (QED) is 0.928. The Bertz CT molecular complexity index is 768. The highest BCUT2D eigenvalue weighted by Crippen LogP contribution is 2.31. The summed E-state index contributed by atoms with van der Waals surface area (Å²) in [7, 11) is 0. The molecule has 2 unspecified atom stereocenters. The molecule has 0 aliphatic carbocycles. The summed E-state index contributed by atoms with van der Waals surface area (Å²) in [6, 6.07) is 5.46. The molecule has 2 aliphatic heterocycles. The van der Waals surface area contributed by atoms with Gasteiger partial charge in [0.25, 0.3) is 11.8 Å². The number of carbonyl (C=O) groups is 2. The molecule has 2 aliphatic rings. The van der Waals surface area contributed by atoms with Crippen molar-refractivity contribution in [3.05, 3.63) is 40.7 Å². The molecule has 24 heavy (non-hydrogen) atoms. The van der Waals surface area contributed by atoms with E-state index in [0.29, 0.717) is 15.9 Å². The Morgan fingerprint density at radius 3 is 3.00 bits per heavy atom. The molecule has 7 heteroatoms. The van der Waals surface area contributed by atoms with Gasteiger partial charge in [0, 0.05) is 32.2 Å². The van der Waals surface area contributed by atoms with Crippen LogP contribution in [0.25, 0.3) is 0 Å². The number of piperazine rings is 1. The van der Waals surface area contributed by atoms with Gasteiger partial charge in [-0.05, 0) is 37.1 Å². The van der Waals surface area contributed by atoms with E-state index in [1.807, 2.05) is 17.9 Å². The van der Waals surface area contributed by atoms with Crippen molar-refractivity contribution >= 4 is 28.2 Å². The largest absolute Gasteiger partial charge is 0.459 e. The Morgan fingerprint density at radius 1 is 1.33 bits per heavy atom. The number of aryl methyl sites for hydroxylation is 1. The molecular formula is C17H19N3O3S. The standard InChI is InChI=1S/C17H19N3O3S/c1-11-9-14(18-16(21)13-3-2-8-23-13)24-15(11)17(22)20-7-6-19-5-4-12(20)10-19/h2-3,8-9,12H,4-7,10H2,1H3,(H,18,21). The van der Waals surface area contributed by atoms with E-state index in [1.165, 1.54) is 17.6 Å². The van der Waals surface area contributed by atoms with Gasteiger partial charge in [0.2, 0.25) is 0 Å². The SMILES string of the molecule is Cc1cc(NC(=O)c2ccco2)sc1C(=O)N1CCN2CCC1C2. The summed E-state index contributed by atoms with van der Waals surface area (Å²) in [6.07, 6.45) is 2.52. The third-order valence-electron chi connectivity index (χ3n) is 4.70.